The number of rotatable bonds is 3. The molecule has 0 aliphatic carbocycles. The van der Waals surface area contributed by atoms with Crippen molar-refractivity contribution < 1.29 is 9.18 Å². The summed E-state index contributed by atoms with van der Waals surface area (Å²) >= 11 is 0. The maximum atomic E-state index is 13.3. The van der Waals surface area contributed by atoms with Gasteiger partial charge < -0.3 is 9.88 Å². The van der Waals surface area contributed by atoms with Gasteiger partial charge in [0.2, 0.25) is 0 Å². The fourth-order valence-electron chi connectivity index (χ4n) is 3.97. The largest absolute Gasteiger partial charge is 0.342 e. The van der Waals surface area contributed by atoms with Crippen molar-refractivity contribution in [2.75, 3.05) is 13.1 Å². The zero-order valence-corrected chi connectivity index (χ0v) is 15.8. The monoisotopic (exact) mass is 389 g/mol. The van der Waals surface area contributed by atoms with Crippen LogP contribution in [0.5, 0.6) is 0 Å². The molecule has 1 unspecified atom stereocenters. The summed E-state index contributed by atoms with van der Waals surface area (Å²) in [5, 5.41) is 0. The molecule has 29 heavy (non-hydrogen) atoms. The molecule has 1 N–H and O–H groups in total. The van der Waals surface area contributed by atoms with E-state index in [1.807, 2.05) is 29.2 Å². The number of aromatic nitrogens is 4. The van der Waals surface area contributed by atoms with Gasteiger partial charge in [0.1, 0.15) is 17.3 Å². The minimum atomic E-state index is -0.313. The predicted octanol–water partition coefficient (Wildman–Crippen LogP) is 3.91. The van der Waals surface area contributed by atoms with Crippen LogP contribution >= 0.6 is 0 Å². The van der Waals surface area contributed by atoms with Gasteiger partial charge in [0.25, 0.3) is 5.91 Å². The van der Waals surface area contributed by atoms with Crippen molar-refractivity contribution in [3.8, 4) is 5.69 Å². The number of hydrogen-bond acceptors (Lipinski definition) is 3. The van der Waals surface area contributed by atoms with Gasteiger partial charge in [0.05, 0.1) is 23.6 Å². The first kappa shape index (κ1) is 17.6. The SMILES string of the molecule is O=C(c1cncn1-c1ccc(F)cc1)N1CCCC(c2nc3ccccc3[nH]2)C1. The molecule has 0 radical (unpaired) electrons. The topological polar surface area (TPSA) is 66.8 Å². The van der Waals surface area contributed by atoms with Crippen LogP contribution < -0.4 is 0 Å². The van der Waals surface area contributed by atoms with Crippen molar-refractivity contribution in [2.24, 2.45) is 0 Å². The van der Waals surface area contributed by atoms with Gasteiger partial charge in [-0.25, -0.2) is 14.4 Å². The summed E-state index contributed by atoms with van der Waals surface area (Å²) in [5.41, 5.74) is 3.14. The van der Waals surface area contributed by atoms with Gasteiger partial charge in [-0.15, -0.1) is 0 Å². The standard InChI is InChI=1S/C22H20FN5O/c23-16-7-9-17(10-8-16)28-14-24-12-20(28)22(29)27-11-3-4-15(13-27)21-25-18-5-1-2-6-19(18)26-21/h1-2,5-10,12,14-15H,3-4,11,13H2,(H,25,26). The van der Waals surface area contributed by atoms with Gasteiger partial charge in [-0.1, -0.05) is 12.1 Å². The number of imidazole rings is 2. The number of nitrogens with one attached hydrogen (secondary N) is 1. The molecule has 1 atom stereocenters. The van der Waals surface area contributed by atoms with Crippen molar-refractivity contribution in [2.45, 2.75) is 18.8 Å². The zero-order chi connectivity index (χ0) is 19.8. The molecule has 1 fully saturated rings. The van der Waals surface area contributed by atoms with Crippen molar-refractivity contribution in [3.63, 3.8) is 0 Å². The Morgan fingerprint density at radius 3 is 2.79 bits per heavy atom. The Morgan fingerprint density at radius 2 is 1.97 bits per heavy atom. The Balaban J connectivity index is 1.39. The lowest BCUT2D eigenvalue weighted by molar-refractivity contribution is 0.0696. The molecule has 0 saturated carbocycles. The lowest BCUT2D eigenvalue weighted by Crippen LogP contribution is -2.40. The number of piperidine rings is 1. The molecule has 1 amide bonds. The molecule has 1 aliphatic heterocycles. The molecule has 146 valence electrons. The average molecular weight is 389 g/mol. The summed E-state index contributed by atoms with van der Waals surface area (Å²) < 4.78 is 15.0. The number of amides is 1. The molecular weight excluding hydrogens is 369 g/mol. The molecule has 6 nitrogen and oxygen atoms in total. The third-order valence-corrected chi connectivity index (χ3v) is 5.47. The molecule has 1 saturated heterocycles. The van der Waals surface area contributed by atoms with Gasteiger partial charge in [-0.05, 0) is 49.2 Å². The quantitative estimate of drug-likeness (QED) is 0.578. The van der Waals surface area contributed by atoms with E-state index in [0.29, 0.717) is 24.5 Å². The van der Waals surface area contributed by atoms with E-state index in [-0.39, 0.29) is 17.6 Å². The smallest absolute Gasteiger partial charge is 0.272 e. The van der Waals surface area contributed by atoms with Crippen LogP contribution in [0.15, 0.2) is 61.1 Å². The van der Waals surface area contributed by atoms with Crippen molar-refractivity contribution in [1.82, 2.24) is 24.4 Å². The summed E-state index contributed by atoms with van der Waals surface area (Å²) in [5.74, 6) is 0.706. The van der Waals surface area contributed by atoms with Crippen LogP contribution in [0.25, 0.3) is 16.7 Å². The third kappa shape index (κ3) is 3.29. The number of carbonyl (C=O) groups is 1. The Morgan fingerprint density at radius 1 is 1.14 bits per heavy atom. The van der Waals surface area contributed by atoms with Crippen molar-refractivity contribution in [3.05, 3.63) is 78.4 Å². The van der Waals surface area contributed by atoms with Crippen LogP contribution in [0.3, 0.4) is 0 Å². The molecule has 2 aromatic heterocycles. The minimum absolute atomic E-state index is 0.0763. The molecular formula is C22H20FN5O. The van der Waals surface area contributed by atoms with Gasteiger partial charge >= 0.3 is 0 Å². The van der Waals surface area contributed by atoms with Crippen LogP contribution in [-0.4, -0.2) is 43.4 Å². The highest BCUT2D eigenvalue weighted by Crippen LogP contribution is 2.28. The molecule has 3 heterocycles. The number of fused-ring (bicyclic) bond motifs is 1. The van der Waals surface area contributed by atoms with E-state index < -0.39 is 0 Å². The van der Waals surface area contributed by atoms with E-state index in [2.05, 4.69) is 9.97 Å². The van der Waals surface area contributed by atoms with Crippen molar-refractivity contribution >= 4 is 16.9 Å². The molecule has 0 bridgehead atoms. The van der Waals surface area contributed by atoms with Gasteiger partial charge in [0.15, 0.2) is 0 Å². The third-order valence-electron chi connectivity index (χ3n) is 5.47. The maximum absolute atomic E-state index is 13.3. The molecule has 7 heteroatoms. The Labute approximate surface area is 167 Å². The Hall–Kier alpha value is -3.48. The number of nitrogens with zero attached hydrogens (tertiary/aromatic N) is 4. The van der Waals surface area contributed by atoms with E-state index in [1.165, 1.54) is 12.1 Å². The molecule has 2 aromatic carbocycles. The number of H-pyrrole nitrogens is 1. The van der Waals surface area contributed by atoms with Gasteiger partial charge in [-0.2, -0.15) is 0 Å². The fourth-order valence-corrected chi connectivity index (χ4v) is 3.97. The van der Waals surface area contributed by atoms with E-state index >= 15 is 0 Å². The normalized spacial score (nSPS) is 17.0. The van der Waals surface area contributed by atoms with E-state index in [1.54, 1.807) is 29.2 Å². The van der Waals surface area contributed by atoms with Crippen molar-refractivity contribution in [1.29, 1.82) is 0 Å². The van der Waals surface area contributed by atoms with Gasteiger partial charge in [0, 0.05) is 24.7 Å². The second-order valence-electron chi connectivity index (χ2n) is 7.35. The second-order valence-corrected chi connectivity index (χ2v) is 7.35. The number of aromatic amines is 1. The molecule has 0 spiro atoms. The van der Waals surface area contributed by atoms with Crippen LogP contribution in [0.2, 0.25) is 0 Å². The fraction of sp³-hybridized carbons (Fsp3) is 0.227. The minimum Gasteiger partial charge on any atom is -0.342 e. The van der Waals surface area contributed by atoms with E-state index in [0.717, 1.165) is 29.7 Å². The van der Waals surface area contributed by atoms with E-state index in [4.69, 9.17) is 4.98 Å². The number of benzene rings is 2. The molecule has 1 aliphatic rings. The zero-order valence-electron chi connectivity index (χ0n) is 15.8. The highest BCUT2D eigenvalue weighted by atomic mass is 19.1. The molecule has 5 rings (SSSR count). The summed E-state index contributed by atoms with van der Waals surface area (Å²) in [6.07, 6.45) is 5.05. The first-order chi connectivity index (χ1) is 14.2. The lowest BCUT2D eigenvalue weighted by atomic mass is 9.97. The lowest BCUT2D eigenvalue weighted by Gasteiger charge is -2.32. The van der Waals surface area contributed by atoms with Crippen LogP contribution in [0.4, 0.5) is 4.39 Å². The summed E-state index contributed by atoms with van der Waals surface area (Å²) in [7, 11) is 0. The number of likely N-dealkylation sites (tertiary alicyclic amines) is 1. The maximum Gasteiger partial charge on any atom is 0.272 e. The Bertz CT molecular complexity index is 1130. The first-order valence-electron chi connectivity index (χ1n) is 9.71. The highest BCUT2D eigenvalue weighted by Gasteiger charge is 2.29. The highest BCUT2D eigenvalue weighted by molar-refractivity contribution is 5.93. The number of halogens is 1. The van der Waals surface area contributed by atoms with Crippen LogP contribution in [0.1, 0.15) is 35.1 Å². The molecule has 4 aromatic rings. The van der Waals surface area contributed by atoms with E-state index in [9.17, 15) is 9.18 Å². The Kier molecular flexibility index (Phi) is 4.35. The van der Waals surface area contributed by atoms with Crippen LogP contribution in [0, 0.1) is 5.82 Å². The summed E-state index contributed by atoms with van der Waals surface area (Å²) in [4.78, 5) is 27.4. The van der Waals surface area contributed by atoms with Gasteiger partial charge in [-0.3, -0.25) is 9.36 Å². The summed E-state index contributed by atoms with van der Waals surface area (Å²) in [6, 6.07) is 14.0. The average Bonchev–Trinajstić information content (AvgIpc) is 3.41. The summed E-state index contributed by atoms with van der Waals surface area (Å²) in [6.45, 7) is 1.30. The van der Waals surface area contributed by atoms with Crippen LogP contribution in [-0.2, 0) is 0 Å². The second kappa shape index (κ2) is 7.16. The number of para-hydroxylation sites is 2. The first-order valence-corrected chi connectivity index (χ1v) is 9.71. The number of hydrogen-bond donors (Lipinski definition) is 1. The predicted molar refractivity (Wildman–Crippen MR) is 107 cm³/mol. The number of carbonyl (C=O) groups excluding carboxylic acids is 1.